The minimum absolute atomic E-state index is 0.0840. The van der Waals surface area contributed by atoms with E-state index in [1.54, 1.807) is 13.8 Å². The molecule has 0 aromatic rings. The number of rotatable bonds is 8. The van der Waals surface area contributed by atoms with Gasteiger partial charge >= 0.3 is 11.9 Å². The summed E-state index contributed by atoms with van der Waals surface area (Å²) in [5, 5.41) is 11.5. The Hall–Kier alpha value is -1.56. The van der Waals surface area contributed by atoms with Crippen molar-refractivity contribution in [3.05, 3.63) is 11.8 Å². The van der Waals surface area contributed by atoms with Gasteiger partial charge in [-0.15, -0.1) is 17.4 Å². The fraction of sp³-hybridized carbons (Fsp3) is 0.583. The van der Waals surface area contributed by atoms with Crippen molar-refractivity contribution in [2.45, 2.75) is 20.3 Å². The summed E-state index contributed by atoms with van der Waals surface area (Å²) in [6, 6.07) is 0. The molecular weight excluding hydrogens is 276 g/mol. The number of halogens is 1. The second-order valence-corrected chi connectivity index (χ2v) is 3.74. The van der Waals surface area contributed by atoms with Crippen molar-refractivity contribution in [1.29, 1.82) is 0 Å². The molecule has 0 bridgehead atoms. The Labute approximate surface area is 116 Å². The predicted molar refractivity (Wildman–Crippen MR) is 65.2 cm³/mol. The number of hydrogen-bond donors (Lipinski definition) is 0. The van der Waals surface area contributed by atoms with Crippen LogP contribution in [-0.2, 0) is 23.9 Å². The standard InChI is InChI=1S/C12H17ClO6/c1-3-18-11(16)6-8(14)5-9(10(15)7-13)12(17)19-4-2/h6,9,14H,3-5,7H2,1-2H3/p-1/b8-6-. The summed E-state index contributed by atoms with van der Waals surface area (Å²) in [7, 11) is 0. The van der Waals surface area contributed by atoms with Gasteiger partial charge in [-0.2, -0.15) is 0 Å². The van der Waals surface area contributed by atoms with Crippen LogP contribution in [0.4, 0.5) is 0 Å². The van der Waals surface area contributed by atoms with Crippen LogP contribution in [0.5, 0.6) is 0 Å². The molecule has 0 amide bonds. The molecule has 108 valence electrons. The largest absolute Gasteiger partial charge is 0.875 e. The summed E-state index contributed by atoms with van der Waals surface area (Å²) in [6.07, 6.45) is 0.250. The van der Waals surface area contributed by atoms with Gasteiger partial charge in [0.25, 0.3) is 0 Å². The van der Waals surface area contributed by atoms with Gasteiger partial charge in [-0.25, -0.2) is 4.79 Å². The number of ketones is 1. The number of ether oxygens (including phenoxy) is 2. The van der Waals surface area contributed by atoms with Crippen LogP contribution in [0.3, 0.4) is 0 Å². The zero-order valence-electron chi connectivity index (χ0n) is 10.8. The van der Waals surface area contributed by atoms with Gasteiger partial charge in [-0.05, 0) is 20.3 Å². The lowest BCUT2D eigenvalue weighted by atomic mass is 10.00. The number of allylic oxidation sites excluding steroid dienone is 1. The average Bonchev–Trinajstić information content (AvgIpc) is 2.35. The van der Waals surface area contributed by atoms with E-state index in [-0.39, 0.29) is 13.2 Å². The molecule has 6 nitrogen and oxygen atoms in total. The molecule has 1 unspecified atom stereocenters. The van der Waals surface area contributed by atoms with Crippen LogP contribution >= 0.6 is 11.6 Å². The highest BCUT2D eigenvalue weighted by molar-refractivity contribution is 6.29. The predicted octanol–water partition coefficient (Wildman–Crippen LogP) is 0.171. The van der Waals surface area contributed by atoms with E-state index in [4.69, 9.17) is 11.6 Å². The number of alkyl halides is 1. The summed E-state index contributed by atoms with van der Waals surface area (Å²) in [4.78, 5) is 34.0. The molecule has 19 heavy (non-hydrogen) atoms. The third kappa shape index (κ3) is 6.81. The van der Waals surface area contributed by atoms with Crippen molar-refractivity contribution >= 4 is 29.3 Å². The molecule has 0 heterocycles. The Morgan fingerprint density at radius 3 is 2.26 bits per heavy atom. The maximum atomic E-state index is 11.5. The van der Waals surface area contributed by atoms with Gasteiger partial charge in [-0.3, -0.25) is 9.59 Å². The topological polar surface area (TPSA) is 92.7 Å². The Bertz CT molecular complexity index is 363. The molecule has 0 aliphatic rings. The lowest BCUT2D eigenvalue weighted by molar-refractivity contribution is -0.308. The minimum Gasteiger partial charge on any atom is -0.875 e. The van der Waals surface area contributed by atoms with Crippen LogP contribution in [0.1, 0.15) is 20.3 Å². The van der Waals surface area contributed by atoms with Gasteiger partial charge in [-0.1, -0.05) is 0 Å². The van der Waals surface area contributed by atoms with E-state index in [0.717, 1.165) is 0 Å². The lowest BCUT2D eigenvalue weighted by Gasteiger charge is -2.18. The molecule has 0 rings (SSSR count). The maximum absolute atomic E-state index is 11.5. The third-order valence-electron chi connectivity index (χ3n) is 2.06. The van der Waals surface area contributed by atoms with Crippen molar-refractivity contribution in [2.24, 2.45) is 5.92 Å². The van der Waals surface area contributed by atoms with E-state index in [0.29, 0.717) is 6.08 Å². The molecular formula is C12H16ClO6-. The Balaban J connectivity index is 4.77. The van der Waals surface area contributed by atoms with Crippen molar-refractivity contribution in [2.75, 3.05) is 19.1 Å². The van der Waals surface area contributed by atoms with Crippen molar-refractivity contribution in [3.63, 3.8) is 0 Å². The highest BCUT2D eigenvalue weighted by Gasteiger charge is 2.26. The highest BCUT2D eigenvalue weighted by atomic mass is 35.5. The number of Topliss-reactive ketones (excluding diaryl/α,β-unsaturated/α-hetero) is 1. The van der Waals surface area contributed by atoms with Crippen LogP contribution in [-0.4, -0.2) is 36.8 Å². The van der Waals surface area contributed by atoms with Crippen LogP contribution in [0.15, 0.2) is 11.8 Å². The van der Waals surface area contributed by atoms with Crippen LogP contribution in [0, 0.1) is 5.92 Å². The quantitative estimate of drug-likeness (QED) is 0.208. The molecule has 0 saturated heterocycles. The molecule has 0 aromatic carbocycles. The molecule has 0 aromatic heterocycles. The van der Waals surface area contributed by atoms with E-state index in [1.165, 1.54) is 0 Å². The van der Waals surface area contributed by atoms with Gasteiger partial charge in [0.15, 0.2) is 5.78 Å². The Morgan fingerprint density at radius 1 is 1.21 bits per heavy atom. The van der Waals surface area contributed by atoms with E-state index in [1.807, 2.05) is 0 Å². The first kappa shape index (κ1) is 17.4. The first-order chi connectivity index (χ1) is 8.96. The molecule has 0 fully saturated rings. The second-order valence-electron chi connectivity index (χ2n) is 3.47. The molecule has 0 aliphatic carbocycles. The minimum atomic E-state index is -1.28. The first-order valence-corrected chi connectivity index (χ1v) is 6.29. The molecule has 7 heteroatoms. The Morgan fingerprint density at radius 2 is 1.79 bits per heavy atom. The van der Waals surface area contributed by atoms with Gasteiger partial charge in [0.1, 0.15) is 5.92 Å². The van der Waals surface area contributed by atoms with E-state index >= 15 is 0 Å². The number of hydrogen-bond acceptors (Lipinski definition) is 6. The third-order valence-corrected chi connectivity index (χ3v) is 2.33. The zero-order valence-corrected chi connectivity index (χ0v) is 11.6. The molecule has 0 aliphatic heterocycles. The fourth-order valence-corrected chi connectivity index (χ4v) is 1.43. The van der Waals surface area contributed by atoms with Crippen LogP contribution in [0.2, 0.25) is 0 Å². The maximum Gasteiger partial charge on any atom is 0.329 e. The molecule has 1 atom stereocenters. The summed E-state index contributed by atoms with van der Waals surface area (Å²) >= 11 is 5.36. The molecule has 0 spiro atoms. The molecule has 0 radical (unpaired) electrons. The average molecular weight is 292 g/mol. The summed E-state index contributed by atoms with van der Waals surface area (Å²) < 4.78 is 9.23. The van der Waals surface area contributed by atoms with Gasteiger partial charge in [0.2, 0.25) is 0 Å². The second kappa shape index (κ2) is 9.38. The van der Waals surface area contributed by atoms with E-state index in [2.05, 4.69) is 9.47 Å². The SMILES string of the molecule is CCOC(=O)/C=C(\[O-])CC(C(=O)CCl)C(=O)OCC. The van der Waals surface area contributed by atoms with Gasteiger partial charge in [0.05, 0.1) is 19.1 Å². The van der Waals surface area contributed by atoms with Crippen LogP contribution in [0.25, 0.3) is 0 Å². The summed E-state index contributed by atoms with van der Waals surface area (Å²) in [5.41, 5.74) is 0. The fourth-order valence-electron chi connectivity index (χ4n) is 1.24. The highest BCUT2D eigenvalue weighted by Crippen LogP contribution is 2.13. The zero-order chi connectivity index (χ0) is 14.8. The molecule has 0 saturated carbocycles. The van der Waals surface area contributed by atoms with E-state index in [9.17, 15) is 19.5 Å². The first-order valence-electron chi connectivity index (χ1n) is 5.75. The summed E-state index contributed by atoms with van der Waals surface area (Å²) in [5.74, 6) is -4.63. The lowest BCUT2D eigenvalue weighted by Crippen LogP contribution is -2.29. The number of carbonyl (C=O) groups excluding carboxylic acids is 3. The van der Waals surface area contributed by atoms with Crippen LogP contribution < -0.4 is 5.11 Å². The van der Waals surface area contributed by atoms with Crippen molar-refractivity contribution in [1.82, 2.24) is 0 Å². The summed E-state index contributed by atoms with van der Waals surface area (Å²) in [6.45, 7) is 3.38. The monoisotopic (exact) mass is 291 g/mol. The van der Waals surface area contributed by atoms with Crippen molar-refractivity contribution < 1.29 is 29.0 Å². The molecule has 0 N–H and O–H groups in total. The van der Waals surface area contributed by atoms with Gasteiger partial charge < -0.3 is 14.6 Å². The number of esters is 2. The number of carbonyl (C=O) groups is 3. The smallest absolute Gasteiger partial charge is 0.329 e. The Kier molecular flexibility index (Phi) is 8.61. The van der Waals surface area contributed by atoms with Crippen molar-refractivity contribution in [3.8, 4) is 0 Å². The normalized spacial score (nSPS) is 12.7. The van der Waals surface area contributed by atoms with E-state index < -0.39 is 41.7 Å². The van der Waals surface area contributed by atoms with Gasteiger partial charge in [0, 0.05) is 6.08 Å².